The summed E-state index contributed by atoms with van der Waals surface area (Å²) in [5.41, 5.74) is 3.13. The minimum atomic E-state index is 0.748. The van der Waals surface area contributed by atoms with Gasteiger partial charge in [-0.3, -0.25) is 4.40 Å². The predicted molar refractivity (Wildman–Crippen MR) is 69.6 cm³/mol. The molecule has 0 spiro atoms. The summed E-state index contributed by atoms with van der Waals surface area (Å²) in [4.78, 5) is 5.55. The summed E-state index contributed by atoms with van der Waals surface area (Å²) in [6, 6.07) is 0. The zero-order valence-electron chi connectivity index (χ0n) is 10.3. The number of imidazole rings is 1. The molecule has 6 heteroatoms. The fourth-order valence-electron chi connectivity index (χ4n) is 1.93. The summed E-state index contributed by atoms with van der Waals surface area (Å²) in [7, 11) is 0. The lowest BCUT2D eigenvalue weighted by atomic mass is 10.2. The van der Waals surface area contributed by atoms with Gasteiger partial charge in [-0.1, -0.05) is 5.16 Å². The fourth-order valence-corrected chi connectivity index (χ4v) is 2.65. The lowest BCUT2D eigenvalue weighted by Crippen LogP contribution is -2.13. The molecule has 5 nitrogen and oxygen atoms in total. The van der Waals surface area contributed by atoms with Crippen LogP contribution in [0.15, 0.2) is 22.3 Å². The molecular weight excluding hydrogens is 248 g/mol. The second-order valence-corrected chi connectivity index (χ2v) is 5.10. The molecule has 18 heavy (non-hydrogen) atoms. The van der Waals surface area contributed by atoms with Crippen molar-refractivity contribution >= 4 is 16.3 Å². The molecule has 1 N–H and O–H groups in total. The van der Waals surface area contributed by atoms with Gasteiger partial charge in [0.1, 0.15) is 5.76 Å². The highest BCUT2D eigenvalue weighted by atomic mass is 32.1. The van der Waals surface area contributed by atoms with E-state index in [1.165, 1.54) is 0 Å². The van der Waals surface area contributed by atoms with Gasteiger partial charge in [0.2, 0.25) is 0 Å². The van der Waals surface area contributed by atoms with Crippen molar-refractivity contribution in [3.05, 3.63) is 40.5 Å². The third kappa shape index (κ3) is 2.04. The van der Waals surface area contributed by atoms with Crippen molar-refractivity contribution in [2.75, 3.05) is 0 Å². The summed E-state index contributed by atoms with van der Waals surface area (Å²) in [6.45, 7) is 5.40. The maximum absolute atomic E-state index is 5.13. The third-order valence-corrected chi connectivity index (χ3v) is 3.70. The Labute approximate surface area is 108 Å². The number of hydrogen-bond acceptors (Lipinski definition) is 5. The molecule has 0 aliphatic carbocycles. The molecule has 0 aliphatic heterocycles. The molecule has 3 aromatic rings. The number of nitrogens with zero attached hydrogens (tertiary/aromatic N) is 3. The van der Waals surface area contributed by atoms with Crippen molar-refractivity contribution in [2.45, 2.75) is 26.9 Å². The van der Waals surface area contributed by atoms with Crippen molar-refractivity contribution in [3.8, 4) is 0 Å². The van der Waals surface area contributed by atoms with Gasteiger partial charge < -0.3 is 9.84 Å². The summed E-state index contributed by atoms with van der Waals surface area (Å²) in [5.74, 6) is 0.880. The Kier molecular flexibility index (Phi) is 2.89. The number of nitrogens with one attached hydrogen (secondary N) is 1. The second-order valence-electron chi connectivity index (χ2n) is 4.23. The molecule has 0 fully saturated rings. The molecule has 0 amide bonds. The van der Waals surface area contributed by atoms with Crippen LogP contribution in [-0.4, -0.2) is 14.5 Å². The van der Waals surface area contributed by atoms with E-state index in [4.69, 9.17) is 4.52 Å². The molecule has 0 aromatic carbocycles. The molecule has 0 radical (unpaired) electrons. The van der Waals surface area contributed by atoms with Crippen molar-refractivity contribution in [1.82, 2.24) is 19.9 Å². The molecule has 94 valence electrons. The van der Waals surface area contributed by atoms with E-state index in [-0.39, 0.29) is 0 Å². The Hall–Kier alpha value is -1.66. The van der Waals surface area contributed by atoms with Crippen LogP contribution in [0.25, 0.3) is 4.96 Å². The van der Waals surface area contributed by atoms with Crippen LogP contribution < -0.4 is 5.32 Å². The van der Waals surface area contributed by atoms with E-state index in [1.54, 1.807) is 11.3 Å². The van der Waals surface area contributed by atoms with Crippen LogP contribution in [0, 0.1) is 13.8 Å². The summed E-state index contributed by atoms with van der Waals surface area (Å²) < 4.78 is 7.16. The van der Waals surface area contributed by atoms with Gasteiger partial charge in [-0.2, -0.15) is 0 Å². The highest BCUT2D eigenvalue weighted by Crippen LogP contribution is 2.13. The van der Waals surface area contributed by atoms with Gasteiger partial charge in [-0.25, -0.2) is 4.98 Å². The Morgan fingerprint density at radius 1 is 1.39 bits per heavy atom. The van der Waals surface area contributed by atoms with Crippen LogP contribution in [0.3, 0.4) is 0 Å². The SMILES string of the molecule is Cc1noc(C)c1CNCc1cn2ccsc2n1. The Morgan fingerprint density at radius 2 is 2.28 bits per heavy atom. The summed E-state index contributed by atoms with van der Waals surface area (Å²) in [6.07, 6.45) is 4.07. The second kappa shape index (κ2) is 4.55. The van der Waals surface area contributed by atoms with Crippen molar-refractivity contribution in [1.29, 1.82) is 0 Å². The molecule has 0 atom stereocenters. The smallest absolute Gasteiger partial charge is 0.193 e. The molecule has 0 saturated carbocycles. The zero-order valence-corrected chi connectivity index (χ0v) is 11.1. The average molecular weight is 262 g/mol. The highest BCUT2D eigenvalue weighted by Gasteiger charge is 2.08. The van der Waals surface area contributed by atoms with Gasteiger partial charge in [-0.15, -0.1) is 11.3 Å². The first-order valence-corrected chi connectivity index (χ1v) is 6.65. The fraction of sp³-hybridized carbons (Fsp3) is 0.333. The van der Waals surface area contributed by atoms with Crippen LogP contribution in [0.2, 0.25) is 0 Å². The quantitative estimate of drug-likeness (QED) is 0.783. The van der Waals surface area contributed by atoms with E-state index in [1.807, 2.05) is 36.0 Å². The van der Waals surface area contributed by atoms with Crippen LogP contribution >= 0.6 is 11.3 Å². The van der Waals surface area contributed by atoms with Crippen molar-refractivity contribution in [2.24, 2.45) is 0 Å². The predicted octanol–water partition coefficient (Wildman–Crippen LogP) is 2.29. The number of fused-ring (bicyclic) bond motifs is 1. The minimum absolute atomic E-state index is 0.748. The monoisotopic (exact) mass is 262 g/mol. The zero-order chi connectivity index (χ0) is 12.5. The lowest BCUT2D eigenvalue weighted by Gasteiger charge is -2.01. The summed E-state index contributed by atoms with van der Waals surface area (Å²) in [5, 5.41) is 9.33. The van der Waals surface area contributed by atoms with E-state index in [9.17, 15) is 0 Å². The van der Waals surface area contributed by atoms with Gasteiger partial charge in [0.25, 0.3) is 0 Å². The largest absolute Gasteiger partial charge is 0.361 e. The normalized spacial score (nSPS) is 11.4. The van der Waals surface area contributed by atoms with Crippen molar-refractivity contribution in [3.63, 3.8) is 0 Å². The topological polar surface area (TPSA) is 55.4 Å². The molecule has 3 heterocycles. The van der Waals surface area contributed by atoms with E-state index in [0.29, 0.717) is 0 Å². The van der Waals surface area contributed by atoms with Gasteiger partial charge >= 0.3 is 0 Å². The highest BCUT2D eigenvalue weighted by molar-refractivity contribution is 7.15. The number of hydrogen-bond donors (Lipinski definition) is 1. The molecule has 0 saturated heterocycles. The van der Waals surface area contributed by atoms with Crippen LogP contribution in [-0.2, 0) is 13.1 Å². The first-order valence-electron chi connectivity index (χ1n) is 5.77. The molecule has 0 bridgehead atoms. The maximum atomic E-state index is 5.13. The van der Waals surface area contributed by atoms with Gasteiger partial charge in [0, 0.05) is 36.4 Å². The Bertz CT molecular complexity index is 619. The maximum Gasteiger partial charge on any atom is 0.193 e. The Morgan fingerprint density at radius 3 is 3.00 bits per heavy atom. The lowest BCUT2D eigenvalue weighted by molar-refractivity contribution is 0.392. The number of aryl methyl sites for hydroxylation is 2. The van der Waals surface area contributed by atoms with E-state index in [2.05, 4.69) is 15.5 Å². The number of rotatable bonds is 4. The van der Waals surface area contributed by atoms with Gasteiger partial charge in [0.15, 0.2) is 4.96 Å². The first kappa shape index (κ1) is 11.4. The standard InChI is InChI=1S/C12H14N4OS/c1-8-11(9(2)17-15-8)6-13-5-10-7-16-3-4-18-12(16)14-10/h3-4,7,13H,5-6H2,1-2H3. The van der Waals surface area contributed by atoms with Crippen LogP contribution in [0.1, 0.15) is 22.7 Å². The van der Waals surface area contributed by atoms with E-state index in [0.717, 1.165) is 40.8 Å². The average Bonchev–Trinajstić information content (AvgIpc) is 2.98. The van der Waals surface area contributed by atoms with E-state index < -0.39 is 0 Å². The number of thiazole rings is 1. The summed E-state index contributed by atoms with van der Waals surface area (Å²) >= 11 is 1.64. The number of aromatic nitrogens is 3. The molecular formula is C12H14N4OS. The van der Waals surface area contributed by atoms with Gasteiger partial charge in [0.05, 0.1) is 11.4 Å². The Balaban J connectivity index is 1.63. The van der Waals surface area contributed by atoms with Gasteiger partial charge in [-0.05, 0) is 13.8 Å². The molecule has 0 unspecified atom stereocenters. The van der Waals surface area contributed by atoms with Crippen molar-refractivity contribution < 1.29 is 4.52 Å². The molecule has 3 aromatic heterocycles. The van der Waals surface area contributed by atoms with E-state index >= 15 is 0 Å². The molecule has 3 rings (SSSR count). The van der Waals surface area contributed by atoms with Crippen LogP contribution in [0.4, 0.5) is 0 Å². The first-order chi connectivity index (χ1) is 8.74. The van der Waals surface area contributed by atoms with Crippen LogP contribution in [0.5, 0.6) is 0 Å². The third-order valence-electron chi connectivity index (χ3n) is 2.93. The molecule has 0 aliphatic rings. The minimum Gasteiger partial charge on any atom is -0.361 e.